The molecule has 3 heteroatoms. The van der Waals surface area contributed by atoms with Crippen molar-refractivity contribution in [3.63, 3.8) is 0 Å². The molecule has 3 aliphatic heterocycles. The Labute approximate surface area is 92.2 Å². The van der Waals surface area contributed by atoms with Crippen molar-refractivity contribution in [2.24, 2.45) is 11.3 Å². The van der Waals surface area contributed by atoms with Gasteiger partial charge in [0.05, 0.1) is 0 Å². The lowest BCUT2D eigenvalue weighted by Crippen LogP contribution is -2.59. The van der Waals surface area contributed by atoms with Gasteiger partial charge in [-0.2, -0.15) is 0 Å². The molecule has 3 aliphatic rings. The van der Waals surface area contributed by atoms with E-state index in [-0.39, 0.29) is 0 Å². The van der Waals surface area contributed by atoms with Crippen molar-refractivity contribution in [1.29, 1.82) is 0 Å². The monoisotopic (exact) mass is 210 g/mol. The van der Waals surface area contributed by atoms with Crippen LogP contribution in [0.15, 0.2) is 0 Å². The average molecular weight is 210 g/mol. The number of ether oxygens (including phenoxy) is 1. The molecule has 0 aliphatic carbocycles. The molecule has 0 aromatic carbocycles. The van der Waals surface area contributed by atoms with Crippen LogP contribution in [-0.2, 0) is 4.74 Å². The highest BCUT2D eigenvalue weighted by Crippen LogP contribution is 2.43. The van der Waals surface area contributed by atoms with Crippen LogP contribution in [0.3, 0.4) is 0 Å². The fourth-order valence-corrected chi connectivity index (χ4v) is 4.02. The van der Waals surface area contributed by atoms with Crippen molar-refractivity contribution in [3.05, 3.63) is 0 Å². The first kappa shape index (κ1) is 10.1. The molecular formula is C12H22N2O. The molecular weight excluding hydrogens is 188 g/mol. The SMILES string of the molecule is CN1CC2CCNC2C2(CCOCC2)C1. The summed E-state index contributed by atoms with van der Waals surface area (Å²) >= 11 is 0. The number of hydrogen-bond acceptors (Lipinski definition) is 3. The third-order valence-electron chi connectivity index (χ3n) is 4.63. The number of likely N-dealkylation sites (tertiary alicyclic amines) is 1. The molecule has 15 heavy (non-hydrogen) atoms. The molecule has 3 rings (SSSR count). The van der Waals surface area contributed by atoms with E-state index >= 15 is 0 Å². The van der Waals surface area contributed by atoms with Crippen molar-refractivity contribution < 1.29 is 4.74 Å². The van der Waals surface area contributed by atoms with Gasteiger partial charge in [0.25, 0.3) is 0 Å². The molecule has 0 aromatic heterocycles. The van der Waals surface area contributed by atoms with E-state index in [0.29, 0.717) is 5.41 Å². The molecule has 0 aromatic rings. The fraction of sp³-hybridized carbons (Fsp3) is 1.00. The van der Waals surface area contributed by atoms with Crippen LogP contribution in [0.2, 0.25) is 0 Å². The summed E-state index contributed by atoms with van der Waals surface area (Å²) in [5.74, 6) is 0.891. The molecule has 2 unspecified atom stereocenters. The van der Waals surface area contributed by atoms with E-state index in [1.807, 2.05) is 0 Å². The molecule has 3 nitrogen and oxygen atoms in total. The Balaban J connectivity index is 1.84. The normalized spacial score (nSPS) is 40.6. The molecule has 0 bridgehead atoms. The zero-order valence-electron chi connectivity index (χ0n) is 9.67. The summed E-state index contributed by atoms with van der Waals surface area (Å²) in [4.78, 5) is 2.54. The predicted octanol–water partition coefficient (Wildman–Crippen LogP) is 0.707. The van der Waals surface area contributed by atoms with E-state index in [0.717, 1.165) is 25.2 Å². The molecule has 3 heterocycles. The van der Waals surface area contributed by atoms with Crippen molar-refractivity contribution in [2.45, 2.75) is 25.3 Å². The van der Waals surface area contributed by atoms with E-state index in [1.54, 1.807) is 0 Å². The summed E-state index contributed by atoms with van der Waals surface area (Å²) < 4.78 is 5.53. The number of hydrogen-bond donors (Lipinski definition) is 1. The summed E-state index contributed by atoms with van der Waals surface area (Å²) in [6, 6.07) is 0.776. The number of rotatable bonds is 0. The fourth-order valence-electron chi connectivity index (χ4n) is 4.02. The zero-order valence-corrected chi connectivity index (χ0v) is 9.67. The Morgan fingerprint density at radius 3 is 2.93 bits per heavy atom. The number of nitrogens with one attached hydrogen (secondary N) is 1. The van der Waals surface area contributed by atoms with Gasteiger partial charge in [-0.1, -0.05) is 0 Å². The predicted molar refractivity (Wildman–Crippen MR) is 59.9 cm³/mol. The topological polar surface area (TPSA) is 24.5 Å². The quantitative estimate of drug-likeness (QED) is 0.637. The molecule has 0 saturated carbocycles. The standard InChI is InChI=1S/C12H22N2O/c1-14-8-10-2-5-13-11(10)12(9-14)3-6-15-7-4-12/h10-11,13H,2-9H2,1H3. The lowest BCUT2D eigenvalue weighted by atomic mass is 9.67. The molecule has 1 spiro atoms. The van der Waals surface area contributed by atoms with Crippen LogP contribution in [0, 0.1) is 11.3 Å². The van der Waals surface area contributed by atoms with Crippen LogP contribution < -0.4 is 5.32 Å². The minimum Gasteiger partial charge on any atom is -0.381 e. The first-order valence-electron chi connectivity index (χ1n) is 6.30. The Kier molecular flexibility index (Phi) is 2.49. The van der Waals surface area contributed by atoms with Gasteiger partial charge in [-0.05, 0) is 38.8 Å². The molecule has 2 atom stereocenters. The highest BCUT2D eigenvalue weighted by molar-refractivity contribution is 5.04. The van der Waals surface area contributed by atoms with Crippen molar-refractivity contribution >= 4 is 0 Å². The van der Waals surface area contributed by atoms with Crippen LogP contribution in [0.4, 0.5) is 0 Å². The Morgan fingerprint density at radius 1 is 1.33 bits per heavy atom. The maximum atomic E-state index is 5.53. The summed E-state index contributed by atoms with van der Waals surface area (Å²) in [5.41, 5.74) is 0.520. The average Bonchev–Trinajstić information content (AvgIpc) is 2.67. The molecule has 3 saturated heterocycles. The second-order valence-corrected chi connectivity index (χ2v) is 5.65. The van der Waals surface area contributed by atoms with Gasteiger partial charge in [0.2, 0.25) is 0 Å². The second-order valence-electron chi connectivity index (χ2n) is 5.65. The van der Waals surface area contributed by atoms with Crippen LogP contribution >= 0.6 is 0 Å². The van der Waals surface area contributed by atoms with Gasteiger partial charge in [-0.15, -0.1) is 0 Å². The van der Waals surface area contributed by atoms with E-state index in [4.69, 9.17) is 4.74 Å². The zero-order chi connectivity index (χ0) is 10.3. The minimum absolute atomic E-state index is 0.520. The first-order valence-corrected chi connectivity index (χ1v) is 6.30. The largest absolute Gasteiger partial charge is 0.381 e. The van der Waals surface area contributed by atoms with E-state index in [9.17, 15) is 0 Å². The second kappa shape index (κ2) is 3.72. The summed E-state index contributed by atoms with van der Waals surface area (Å²) in [6.45, 7) is 5.73. The third-order valence-corrected chi connectivity index (χ3v) is 4.63. The molecule has 86 valence electrons. The van der Waals surface area contributed by atoms with Gasteiger partial charge in [0.15, 0.2) is 0 Å². The molecule has 1 N–H and O–H groups in total. The highest BCUT2D eigenvalue weighted by atomic mass is 16.5. The summed E-state index contributed by atoms with van der Waals surface area (Å²) in [6.07, 6.45) is 3.88. The van der Waals surface area contributed by atoms with E-state index in [1.165, 1.54) is 38.9 Å². The third kappa shape index (κ3) is 1.61. The van der Waals surface area contributed by atoms with Crippen LogP contribution in [0.5, 0.6) is 0 Å². The number of nitrogens with zero attached hydrogens (tertiary/aromatic N) is 1. The highest BCUT2D eigenvalue weighted by Gasteiger charge is 2.49. The Morgan fingerprint density at radius 2 is 2.13 bits per heavy atom. The smallest absolute Gasteiger partial charge is 0.0472 e. The Hall–Kier alpha value is -0.120. The number of fused-ring (bicyclic) bond motifs is 2. The maximum absolute atomic E-state index is 5.53. The van der Waals surface area contributed by atoms with Gasteiger partial charge < -0.3 is 15.0 Å². The van der Waals surface area contributed by atoms with Crippen LogP contribution in [0.1, 0.15) is 19.3 Å². The maximum Gasteiger partial charge on any atom is 0.0472 e. The summed E-state index contributed by atoms with van der Waals surface area (Å²) in [7, 11) is 2.28. The van der Waals surface area contributed by atoms with Crippen molar-refractivity contribution in [2.75, 3.05) is 39.9 Å². The lowest BCUT2D eigenvalue weighted by molar-refractivity contribution is -0.0516. The lowest BCUT2D eigenvalue weighted by Gasteiger charge is -2.51. The van der Waals surface area contributed by atoms with Gasteiger partial charge in [-0.3, -0.25) is 0 Å². The Bertz CT molecular complexity index is 238. The minimum atomic E-state index is 0.520. The van der Waals surface area contributed by atoms with E-state index < -0.39 is 0 Å². The van der Waals surface area contributed by atoms with Gasteiger partial charge in [0, 0.05) is 37.8 Å². The van der Waals surface area contributed by atoms with Gasteiger partial charge in [0.1, 0.15) is 0 Å². The van der Waals surface area contributed by atoms with Gasteiger partial charge in [-0.25, -0.2) is 0 Å². The molecule has 0 radical (unpaired) electrons. The van der Waals surface area contributed by atoms with Crippen molar-refractivity contribution in [3.8, 4) is 0 Å². The van der Waals surface area contributed by atoms with E-state index in [2.05, 4.69) is 17.3 Å². The van der Waals surface area contributed by atoms with Gasteiger partial charge >= 0.3 is 0 Å². The number of piperidine rings is 1. The molecule has 0 amide bonds. The summed E-state index contributed by atoms with van der Waals surface area (Å²) in [5, 5.41) is 3.76. The molecule has 3 fully saturated rings. The van der Waals surface area contributed by atoms with Crippen molar-refractivity contribution in [1.82, 2.24) is 10.2 Å². The van der Waals surface area contributed by atoms with Crippen LogP contribution in [0.25, 0.3) is 0 Å². The first-order chi connectivity index (χ1) is 7.30. The van der Waals surface area contributed by atoms with Crippen LogP contribution in [-0.4, -0.2) is 50.8 Å².